The van der Waals surface area contributed by atoms with Gasteiger partial charge in [0.2, 0.25) is 5.82 Å². The Bertz CT molecular complexity index is 629. The number of rotatable bonds is 3. The summed E-state index contributed by atoms with van der Waals surface area (Å²) in [7, 11) is 0. The van der Waals surface area contributed by atoms with Crippen molar-refractivity contribution in [3.05, 3.63) is 50.7 Å². The molecule has 0 bridgehead atoms. The minimum absolute atomic E-state index is 0.332. The minimum atomic E-state index is -2.25. The molecule has 2 rings (SSSR count). The van der Waals surface area contributed by atoms with Gasteiger partial charge in [-0.05, 0) is 6.92 Å². The van der Waals surface area contributed by atoms with Gasteiger partial charge in [-0.25, -0.2) is 26.9 Å². The number of halogens is 5. The standard InChI is InChI=1S/C12H8F5NOS/c1-4-3-20-6(18-4)2-5(19)7-8(13)10(15)12(17)11(16)9(7)14/h3,5,19H,2H2,1H3. The van der Waals surface area contributed by atoms with Gasteiger partial charge in [-0.1, -0.05) is 0 Å². The van der Waals surface area contributed by atoms with E-state index in [2.05, 4.69) is 4.98 Å². The maximum atomic E-state index is 13.5. The maximum absolute atomic E-state index is 13.5. The number of aliphatic hydroxyl groups is 1. The van der Waals surface area contributed by atoms with Crippen molar-refractivity contribution in [1.82, 2.24) is 4.98 Å². The molecule has 108 valence electrons. The lowest BCUT2D eigenvalue weighted by Gasteiger charge is -2.13. The van der Waals surface area contributed by atoms with Crippen molar-refractivity contribution in [1.29, 1.82) is 0 Å². The SMILES string of the molecule is Cc1csc(CC(O)c2c(F)c(F)c(F)c(F)c2F)n1. The van der Waals surface area contributed by atoms with E-state index in [-0.39, 0.29) is 6.42 Å². The Balaban J connectivity index is 2.42. The quantitative estimate of drug-likeness (QED) is 0.535. The lowest BCUT2D eigenvalue weighted by molar-refractivity contribution is 0.163. The van der Waals surface area contributed by atoms with Crippen LogP contribution in [0.5, 0.6) is 0 Å². The first-order valence-corrected chi connectivity index (χ1v) is 6.31. The van der Waals surface area contributed by atoms with Gasteiger partial charge in [0.1, 0.15) is 0 Å². The van der Waals surface area contributed by atoms with E-state index in [1.165, 1.54) is 0 Å². The summed E-state index contributed by atoms with van der Waals surface area (Å²) in [5, 5.41) is 11.7. The van der Waals surface area contributed by atoms with Crippen LogP contribution in [-0.4, -0.2) is 10.1 Å². The fourth-order valence-corrected chi connectivity index (χ4v) is 2.49. The lowest BCUT2D eigenvalue weighted by Crippen LogP contribution is -2.13. The van der Waals surface area contributed by atoms with Gasteiger partial charge in [-0.15, -0.1) is 11.3 Å². The van der Waals surface area contributed by atoms with Crippen molar-refractivity contribution < 1.29 is 27.1 Å². The molecule has 0 amide bonds. The zero-order valence-electron chi connectivity index (χ0n) is 10.1. The van der Waals surface area contributed by atoms with E-state index in [1.807, 2.05) is 0 Å². The van der Waals surface area contributed by atoms with Crippen LogP contribution in [0.25, 0.3) is 0 Å². The van der Waals surface area contributed by atoms with Gasteiger partial charge in [0.05, 0.1) is 16.7 Å². The molecular formula is C12H8F5NOS. The van der Waals surface area contributed by atoms with Crippen LogP contribution in [0.2, 0.25) is 0 Å². The lowest BCUT2D eigenvalue weighted by atomic mass is 10.0. The fourth-order valence-electron chi connectivity index (χ4n) is 1.68. The van der Waals surface area contributed by atoms with Gasteiger partial charge < -0.3 is 5.11 Å². The molecule has 1 N–H and O–H groups in total. The number of nitrogens with zero attached hydrogens (tertiary/aromatic N) is 1. The zero-order valence-corrected chi connectivity index (χ0v) is 10.9. The van der Waals surface area contributed by atoms with Crippen molar-refractivity contribution >= 4 is 11.3 Å². The Morgan fingerprint density at radius 2 is 1.55 bits per heavy atom. The van der Waals surface area contributed by atoms with Crippen LogP contribution in [0, 0.1) is 36.0 Å². The van der Waals surface area contributed by atoms with Gasteiger partial charge in [-0.3, -0.25) is 0 Å². The number of aryl methyl sites for hydroxylation is 1. The topological polar surface area (TPSA) is 33.1 Å². The van der Waals surface area contributed by atoms with Crippen molar-refractivity contribution in [3.8, 4) is 0 Å². The first-order valence-electron chi connectivity index (χ1n) is 5.43. The highest BCUT2D eigenvalue weighted by Gasteiger charge is 2.29. The van der Waals surface area contributed by atoms with Crippen LogP contribution in [-0.2, 0) is 6.42 Å². The van der Waals surface area contributed by atoms with Gasteiger partial charge in [0, 0.05) is 17.5 Å². The van der Waals surface area contributed by atoms with E-state index in [9.17, 15) is 27.1 Å². The van der Waals surface area contributed by atoms with Gasteiger partial charge in [0.25, 0.3) is 0 Å². The highest BCUT2D eigenvalue weighted by Crippen LogP contribution is 2.30. The van der Waals surface area contributed by atoms with Crippen molar-refractivity contribution in [2.45, 2.75) is 19.4 Å². The first-order chi connectivity index (χ1) is 9.32. The average Bonchev–Trinajstić information content (AvgIpc) is 2.79. The Hall–Kier alpha value is -1.54. The molecular weight excluding hydrogens is 301 g/mol. The second-order valence-corrected chi connectivity index (χ2v) is 5.03. The van der Waals surface area contributed by atoms with Crippen molar-refractivity contribution in [2.24, 2.45) is 0 Å². The van der Waals surface area contributed by atoms with Gasteiger partial charge in [0.15, 0.2) is 23.3 Å². The Kier molecular flexibility index (Phi) is 4.05. The number of aromatic nitrogens is 1. The maximum Gasteiger partial charge on any atom is 0.200 e. The van der Waals surface area contributed by atoms with Gasteiger partial charge in [-0.2, -0.15) is 0 Å². The van der Waals surface area contributed by atoms with Crippen LogP contribution < -0.4 is 0 Å². The number of thiazole rings is 1. The molecule has 0 spiro atoms. The van der Waals surface area contributed by atoms with Crippen LogP contribution in [0.1, 0.15) is 22.4 Å². The monoisotopic (exact) mass is 309 g/mol. The molecule has 0 aliphatic carbocycles. The van der Waals surface area contributed by atoms with E-state index in [4.69, 9.17) is 0 Å². The first kappa shape index (κ1) is 14.9. The smallest absolute Gasteiger partial charge is 0.200 e. The summed E-state index contributed by atoms with van der Waals surface area (Å²) in [6, 6.07) is 0. The summed E-state index contributed by atoms with van der Waals surface area (Å²) >= 11 is 1.12. The van der Waals surface area contributed by atoms with Crippen molar-refractivity contribution in [2.75, 3.05) is 0 Å². The summed E-state index contributed by atoms with van der Waals surface area (Å²) in [6.07, 6.45) is -2.21. The molecule has 0 aliphatic heterocycles. The molecule has 0 aliphatic rings. The van der Waals surface area contributed by atoms with Crippen molar-refractivity contribution in [3.63, 3.8) is 0 Å². The molecule has 0 saturated carbocycles. The summed E-state index contributed by atoms with van der Waals surface area (Å²) in [5.74, 6) is -10.5. The normalized spacial score (nSPS) is 12.8. The second-order valence-electron chi connectivity index (χ2n) is 4.09. The number of hydrogen-bond acceptors (Lipinski definition) is 3. The molecule has 1 aromatic heterocycles. The predicted octanol–water partition coefficient (Wildman–Crippen LogP) is 3.42. The van der Waals surface area contributed by atoms with Crippen LogP contribution in [0.15, 0.2) is 5.38 Å². The van der Waals surface area contributed by atoms with E-state index >= 15 is 0 Å². The Morgan fingerprint density at radius 1 is 1.05 bits per heavy atom. The average molecular weight is 309 g/mol. The molecule has 8 heteroatoms. The third-order valence-electron chi connectivity index (χ3n) is 2.61. The summed E-state index contributed by atoms with van der Waals surface area (Å²) in [4.78, 5) is 3.95. The van der Waals surface area contributed by atoms with E-state index in [1.54, 1.807) is 12.3 Å². The molecule has 1 heterocycles. The third-order valence-corrected chi connectivity index (χ3v) is 3.60. The second kappa shape index (κ2) is 5.45. The predicted molar refractivity (Wildman–Crippen MR) is 61.7 cm³/mol. The largest absolute Gasteiger partial charge is 0.388 e. The van der Waals surface area contributed by atoms with Gasteiger partial charge >= 0.3 is 0 Å². The molecule has 1 aromatic carbocycles. The molecule has 2 aromatic rings. The number of benzene rings is 1. The Labute approximate surface area is 114 Å². The fraction of sp³-hybridized carbons (Fsp3) is 0.250. The molecule has 0 saturated heterocycles. The molecule has 1 atom stereocenters. The Morgan fingerprint density at radius 3 is 2.00 bits per heavy atom. The highest BCUT2D eigenvalue weighted by atomic mass is 32.1. The summed E-state index contributed by atoms with van der Waals surface area (Å²) in [5.41, 5.74) is -0.608. The summed E-state index contributed by atoms with van der Waals surface area (Å²) in [6.45, 7) is 1.67. The third kappa shape index (κ3) is 2.53. The van der Waals surface area contributed by atoms with E-state index in [0.717, 1.165) is 11.3 Å². The number of hydrogen-bond donors (Lipinski definition) is 1. The van der Waals surface area contributed by atoms with Crippen LogP contribution in [0.3, 0.4) is 0 Å². The molecule has 2 nitrogen and oxygen atoms in total. The molecule has 0 fully saturated rings. The highest BCUT2D eigenvalue weighted by molar-refractivity contribution is 7.09. The molecule has 0 radical (unpaired) electrons. The van der Waals surface area contributed by atoms with E-state index < -0.39 is 40.8 Å². The summed E-state index contributed by atoms with van der Waals surface area (Å²) < 4.78 is 65.8. The van der Waals surface area contributed by atoms with Crippen LogP contribution >= 0.6 is 11.3 Å². The molecule has 1 unspecified atom stereocenters. The van der Waals surface area contributed by atoms with Crippen LogP contribution in [0.4, 0.5) is 22.0 Å². The number of aliphatic hydroxyl groups excluding tert-OH is 1. The zero-order chi connectivity index (χ0) is 15.0. The minimum Gasteiger partial charge on any atom is -0.388 e. The molecule has 20 heavy (non-hydrogen) atoms. The van der Waals surface area contributed by atoms with E-state index in [0.29, 0.717) is 10.7 Å².